The lowest BCUT2D eigenvalue weighted by molar-refractivity contribution is 0.242. The van der Waals surface area contributed by atoms with Crippen molar-refractivity contribution in [1.82, 2.24) is 14.3 Å². The van der Waals surface area contributed by atoms with Gasteiger partial charge >= 0.3 is 0 Å². The molecule has 0 amide bonds. The van der Waals surface area contributed by atoms with Crippen molar-refractivity contribution < 1.29 is 8.42 Å². The third-order valence-electron chi connectivity index (χ3n) is 3.99. The highest BCUT2D eigenvalue weighted by molar-refractivity contribution is 7.99. The SMILES string of the molecule is CCNCC1CCCCN1S(=O)(=O)NC1CCCSC1. The third-order valence-corrected chi connectivity index (χ3v) is 6.93. The molecule has 0 aliphatic carbocycles. The van der Waals surface area contributed by atoms with Crippen LogP contribution in [0.25, 0.3) is 0 Å². The molecule has 0 spiro atoms. The zero-order valence-electron chi connectivity index (χ0n) is 12.3. The van der Waals surface area contributed by atoms with E-state index in [1.54, 1.807) is 4.31 Å². The minimum atomic E-state index is -3.33. The molecule has 0 aromatic heterocycles. The lowest BCUT2D eigenvalue weighted by Gasteiger charge is -2.36. The average molecular weight is 322 g/mol. The van der Waals surface area contributed by atoms with Crippen LogP contribution in [0.15, 0.2) is 0 Å². The summed E-state index contributed by atoms with van der Waals surface area (Å²) < 4.78 is 29.8. The highest BCUT2D eigenvalue weighted by atomic mass is 32.2. The molecule has 2 atom stereocenters. The summed E-state index contributed by atoms with van der Waals surface area (Å²) in [4.78, 5) is 0. The van der Waals surface area contributed by atoms with Gasteiger partial charge in [0.1, 0.15) is 0 Å². The van der Waals surface area contributed by atoms with Crippen molar-refractivity contribution in [2.45, 2.75) is 51.1 Å². The fraction of sp³-hybridized carbons (Fsp3) is 1.00. The van der Waals surface area contributed by atoms with Crippen LogP contribution in [0.5, 0.6) is 0 Å². The summed E-state index contributed by atoms with van der Waals surface area (Å²) in [5.74, 6) is 2.07. The lowest BCUT2D eigenvalue weighted by atomic mass is 10.1. The number of thioether (sulfide) groups is 1. The molecule has 2 unspecified atom stereocenters. The maximum absolute atomic E-state index is 12.6. The van der Waals surface area contributed by atoms with Crippen LogP contribution in [-0.4, -0.2) is 55.9 Å². The van der Waals surface area contributed by atoms with Gasteiger partial charge in [0, 0.05) is 30.9 Å². The van der Waals surface area contributed by atoms with E-state index in [1.807, 2.05) is 11.8 Å². The van der Waals surface area contributed by atoms with Gasteiger partial charge in [-0.05, 0) is 38.0 Å². The lowest BCUT2D eigenvalue weighted by Crippen LogP contribution is -2.54. The Hall–Kier alpha value is 0.180. The quantitative estimate of drug-likeness (QED) is 0.771. The molecular formula is C13H27N3O2S2. The van der Waals surface area contributed by atoms with Crippen LogP contribution in [0.3, 0.4) is 0 Å². The maximum Gasteiger partial charge on any atom is 0.280 e. The topological polar surface area (TPSA) is 61.4 Å². The van der Waals surface area contributed by atoms with E-state index in [0.717, 1.165) is 56.7 Å². The second-order valence-corrected chi connectivity index (χ2v) is 8.41. The molecule has 0 aromatic carbocycles. The first kappa shape index (κ1) is 16.5. The van der Waals surface area contributed by atoms with E-state index in [0.29, 0.717) is 6.54 Å². The maximum atomic E-state index is 12.6. The molecule has 2 aliphatic rings. The number of nitrogens with one attached hydrogen (secondary N) is 2. The van der Waals surface area contributed by atoms with E-state index < -0.39 is 10.2 Å². The first-order valence-electron chi connectivity index (χ1n) is 7.71. The Labute approximate surface area is 127 Å². The van der Waals surface area contributed by atoms with Crippen molar-refractivity contribution in [3.05, 3.63) is 0 Å². The summed E-state index contributed by atoms with van der Waals surface area (Å²) in [6.07, 6.45) is 5.15. The summed E-state index contributed by atoms with van der Waals surface area (Å²) in [5.41, 5.74) is 0. The van der Waals surface area contributed by atoms with Crippen LogP contribution in [0.4, 0.5) is 0 Å². The third kappa shape index (κ3) is 4.59. The minimum Gasteiger partial charge on any atom is -0.315 e. The molecule has 2 fully saturated rings. The second kappa shape index (κ2) is 7.98. The van der Waals surface area contributed by atoms with Gasteiger partial charge in [-0.15, -0.1) is 0 Å². The number of hydrogen-bond acceptors (Lipinski definition) is 4. The van der Waals surface area contributed by atoms with Gasteiger partial charge in [0.05, 0.1) is 0 Å². The first-order chi connectivity index (χ1) is 9.63. The monoisotopic (exact) mass is 321 g/mol. The number of nitrogens with zero attached hydrogens (tertiary/aromatic N) is 1. The van der Waals surface area contributed by atoms with Crippen molar-refractivity contribution in [1.29, 1.82) is 0 Å². The van der Waals surface area contributed by atoms with Gasteiger partial charge in [-0.3, -0.25) is 0 Å². The molecule has 2 rings (SSSR count). The molecule has 5 nitrogen and oxygen atoms in total. The van der Waals surface area contributed by atoms with Gasteiger partial charge in [0.25, 0.3) is 10.2 Å². The molecule has 0 radical (unpaired) electrons. The molecule has 2 aliphatic heterocycles. The normalized spacial score (nSPS) is 29.4. The molecule has 20 heavy (non-hydrogen) atoms. The number of likely N-dealkylation sites (N-methyl/N-ethyl adjacent to an activating group) is 1. The largest absolute Gasteiger partial charge is 0.315 e. The molecule has 0 bridgehead atoms. The fourth-order valence-corrected chi connectivity index (χ4v) is 5.79. The molecule has 2 heterocycles. The van der Waals surface area contributed by atoms with E-state index in [4.69, 9.17) is 0 Å². The van der Waals surface area contributed by atoms with Gasteiger partial charge in [-0.25, -0.2) is 0 Å². The van der Waals surface area contributed by atoms with Crippen LogP contribution in [0.2, 0.25) is 0 Å². The molecular weight excluding hydrogens is 294 g/mol. The van der Waals surface area contributed by atoms with Gasteiger partial charge in [0.15, 0.2) is 0 Å². The van der Waals surface area contributed by atoms with Gasteiger partial charge in [-0.1, -0.05) is 13.3 Å². The number of hydrogen-bond donors (Lipinski definition) is 2. The summed E-state index contributed by atoms with van der Waals surface area (Å²) in [5, 5.41) is 3.29. The Morgan fingerprint density at radius 3 is 2.80 bits per heavy atom. The summed E-state index contributed by atoms with van der Waals surface area (Å²) in [6.45, 7) is 4.36. The van der Waals surface area contributed by atoms with Crippen LogP contribution >= 0.6 is 11.8 Å². The zero-order valence-corrected chi connectivity index (χ0v) is 13.9. The Balaban J connectivity index is 1.97. The minimum absolute atomic E-state index is 0.109. The van der Waals surface area contributed by atoms with E-state index in [2.05, 4.69) is 17.0 Å². The number of rotatable bonds is 6. The predicted octanol–water partition coefficient (Wildman–Crippen LogP) is 1.18. The van der Waals surface area contributed by atoms with E-state index in [9.17, 15) is 8.42 Å². The molecule has 0 saturated carbocycles. The smallest absolute Gasteiger partial charge is 0.280 e. The average Bonchev–Trinajstić information content (AvgIpc) is 2.46. The molecule has 2 N–H and O–H groups in total. The fourth-order valence-electron chi connectivity index (χ4n) is 2.92. The summed E-state index contributed by atoms with van der Waals surface area (Å²) >= 11 is 1.85. The number of piperidine rings is 1. The Morgan fingerprint density at radius 1 is 1.25 bits per heavy atom. The molecule has 7 heteroatoms. The van der Waals surface area contributed by atoms with E-state index >= 15 is 0 Å². The highest BCUT2D eigenvalue weighted by Crippen LogP contribution is 2.22. The summed E-state index contributed by atoms with van der Waals surface area (Å²) in [6, 6.07) is 0.220. The van der Waals surface area contributed by atoms with Crippen LogP contribution < -0.4 is 10.0 Å². The summed E-state index contributed by atoms with van der Waals surface area (Å²) in [7, 11) is -3.33. The van der Waals surface area contributed by atoms with Crippen LogP contribution in [-0.2, 0) is 10.2 Å². The molecule has 2 saturated heterocycles. The Morgan fingerprint density at radius 2 is 2.10 bits per heavy atom. The van der Waals surface area contributed by atoms with Crippen molar-refractivity contribution in [2.24, 2.45) is 0 Å². The van der Waals surface area contributed by atoms with Crippen molar-refractivity contribution in [3.63, 3.8) is 0 Å². The first-order valence-corrected chi connectivity index (χ1v) is 10.3. The standard InChI is InChI=1S/C13H27N3O2S2/c1-2-14-10-13-7-3-4-8-16(13)20(17,18)15-12-6-5-9-19-11-12/h12-15H,2-11H2,1H3. The van der Waals surface area contributed by atoms with Crippen molar-refractivity contribution in [2.75, 3.05) is 31.1 Å². The van der Waals surface area contributed by atoms with Crippen LogP contribution in [0.1, 0.15) is 39.0 Å². The second-order valence-electron chi connectivity index (χ2n) is 5.60. The Kier molecular flexibility index (Phi) is 6.61. The Bertz CT molecular complexity index is 383. The van der Waals surface area contributed by atoms with Crippen molar-refractivity contribution in [3.8, 4) is 0 Å². The highest BCUT2D eigenvalue weighted by Gasteiger charge is 2.33. The molecule has 118 valence electrons. The van der Waals surface area contributed by atoms with Crippen LogP contribution in [0, 0.1) is 0 Å². The van der Waals surface area contributed by atoms with Gasteiger partial charge in [-0.2, -0.15) is 29.2 Å². The van der Waals surface area contributed by atoms with Gasteiger partial charge < -0.3 is 5.32 Å². The predicted molar refractivity (Wildman–Crippen MR) is 85.3 cm³/mol. The van der Waals surface area contributed by atoms with Gasteiger partial charge in [0.2, 0.25) is 0 Å². The van der Waals surface area contributed by atoms with Crippen molar-refractivity contribution >= 4 is 22.0 Å². The van der Waals surface area contributed by atoms with E-state index in [1.165, 1.54) is 0 Å². The molecule has 0 aromatic rings. The zero-order chi connectivity index (χ0) is 14.4. The van der Waals surface area contributed by atoms with E-state index in [-0.39, 0.29) is 12.1 Å².